The van der Waals surface area contributed by atoms with Gasteiger partial charge < -0.3 is 14.2 Å². The van der Waals surface area contributed by atoms with Gasteiger partial charge in [-0.2, -0.15) is 0 Å². The second-order valence-electron chi connectivity index (χ2n) is 4.02. The third-order valence-electron chi connectivity index (χ3n) is 2.64. The smallest absolute Gasteiger partial charge is 0.356 e. The van der Waals surface area contributed by atoms with Gasteiger partial charge in [0.15, 0.2) is 23.7 Å². The summed E-state index contributed by atoms with van der Waals surface area (Å²) >= 11 is 0. The summed E-state index contributed by atoms with van der Waals surface area (Å²) in [5.74, 6) is -0.537. The van der Waals surface area contributed by atoms with Crippen LogP contribution < -0.4 is 4.74 Å². The van der Waals surface area contributed by atoms with Crippen LogP contribution in [0.3, 0.4) is 0 Å². The molecule has 112 valence electrons. The summed E-state index contributed by atoms with van der Waals surface area (Å²) in [7, 11) is 0. The summed E-state index contributed by atoms with van der Waals surface area (Å²) < 4.78 is 16.7. The summed E-state index contributed by atoms with van der Waals surface area (Å²) in [6.45, 7) is 3.82. The number of aromatic nitrogens is 2. The zero-order valence-corrected chi connectivity index (χ0v) is 11.9. The third kappa shape index (κ3) is 3.31. The van der Waals surface area contributed by atoms with Crippen molar-refractivity contribution < 1.29 is 23.8 Å². The summed E-state index contributed by atoms with van der Waals surface area (Å²) in [5, 5.41) is 0. The van der Waals surface area contributed by atoms with Crippen LogP contribution in [-0.4, -0.2) is 41.1 Å². The van der Waals surface area contributed by atoms with Crippen LogP contribution in [0.15, 0.2) is 24.5 Å². The van der Waals surface area contributed by atoms with E-state index in [1.165, 1.54) is 6.20 Å². The van der Waals surface area contributed by atoms with Crippen molar-refractivity contribution in [3.63, 3.8) is 0 Å². The maximum Gasteiger partial charge on any atom is 0.356 e. The first kappa shape index (κ1) is 14.8. The highest BCUT2D eigenvalue weighted by molar-refractivity contribution is 5.88. The molecule has 0 bridgehead atoms. The summed E-state index contributed by atoms with van der Waals surface area (Å²) in [5.41, 5.74) is 0.735. The summed E-state index contributed by atoms with van der Waals surface area (Å²) in [6, 6.07) is 3.36. The Labute approximate surface area is 121 Å². The van der Waals surface area contributed by atoms with Gasteiger partial charge in [0.05, 0.1) is 19.4 Å². The minimum Gasteiger partial charge on any atom is -0.478 e. The Hall–Kier alpha value is -2.57. The van der Waals surface area contributed by atoms with Gasteiger partial charge in [-0.05, 0) is 26.0 Å². The molecule has 2 aromatic heterocycles. The minimum absolute atomic E-state index is 0.213. The van der Waals surface area contributed by atoms with Gasteiger partial charge in [-0.1, -0.05) is 0 Å². The number of hydrogen-bond donors (Lipinski definition) is 0. The lowest BCUT2D eigenvalue weighted by Gasteiger charge is -2.07. The van der Waals surface area contributed by atoms with E-state index in [-0.39, 0.29) is 13.2 Å². The van der Waals surface area contributed by atoms with E-state index in [1.54, 1.807) is 36.6 Å². The normalized spacial score (nSPS) is 10.4. The van der Waals surface area contributed by atoms with E-state index >= 15 is 0 Å². The van der Waals surface area contributed by atoms with Gasteiger partial charge in [0.2, 0.25) is 0 Å². The number of carbonyl (C=O) groups excluding carboxylic acids is 2. The monoisotopic (exact) mass is 292 g/mol. The average molecular weight is 292 g/mol. The first-order valence-corrected chi connectivity index (χ1v) is 6.59. The van der Waals surface area contributed by atoms with Crippen LogP contribution in [0.4, 0.5) is 0 Å². The topological polar surface area (TPSA) is 79.1 Å². The fraction of sp³-hybridized carbons (Fsp3) is 0.357. The number of hydrogen-bond acceptors (Lipinski definition) is 6. The predicted molar refractivity (Wildman–Crippen MR) is 73.3 cm³/mol. The Morgan fingerprint density at radius 2 is 2.00 bits per heavy atom. The Morgan fingerprint density at radius 1 is 1.24 bits per heavy atom. The van der Waals surface area contributed by atoms with Crippen molar-refractivity contribution in [2.75, 3.05) is 19.8 Å². The van der Waals surface area contributed by atoms with E-state index in [2.05, 4.69) is 4.98 Å². The van der Waals surface area contributed by atoms with E-state index in [1.807, 2.05) is 0 Å². The molecule has 7 heteroatoms. The fourth-order valence-corrected chi connectivity index (χ4v) is 1.79. The number of nitrogens with zero attached hydrogens (tertiary/aromatic N) is 2. The Balaban J connectivity index is 2.22. The number of esters is 2. The van der Waals surface area contributed by atoms with E-state index in [0.29, 0.717) is 23.7 Å². The molecule has 2 rings (SSSR count). The highest BCUT2D eigenvalue weighted by Crippen LogP contribution is 2.20. The summed E-state index contributed by atoms with van der Waals surface area (Å²) in [4.78, 5) is 27.2. The fourth-order valence-electron chi connectivity index (χ4n) is 1.79. The molecule has 0 aliphatic carbocycles. The molecular formula is C14H16N2O5. The second-order valence-corrected chi connectivity index (χ2v) is 4.02. The zero-order chi connectivity index (χ0) is 15.2. The lowest BCUT2D eigenvalue weighted by atomic mass is 10.4. The zero-order valence-electron chi connectivity index (χ0n) is 11.9. The molecule has 0 radical (unpaired) electrons. The van der Waals surface area contributed by atoms with Crippen LogP contribution in [0.25, 0.3) is 5.65 Å². The molecule has 0 atom stereocenters. The molecule has 0 aliphatic heterocycles. The molecule has 0 spiro atoms. The molecule has 2 heterocycles. The predicted octanol–water partition coefficient (Wildman–Crippen LogP) is 1.45. The third-order valence-corrected chi connectivity index (χ3v) is 2.64. The molecule has 0 saturated carbocycles. The largest absolute Gasteiger partial charge is 0.478 e. The number of imidazole rings is 1. The molecule has 7 nitrogen and oxygen atoms in total. The Bertz CT molecular complexity index is 650. The van der Waals surface area contributed by atoms with Crippen LogP contribution >= 0.6 is 0 Å². The van der Waals surface area contributed by atoms with Gasteiger partial charge in [0.1, 0.15) is 0 Å². The van der Waals surface area contributed by atoms with Crippen molar-refractivity contribution in [3.8, 4) is 5.75 Å². The number of pyridine rings is 1. The van der Waals surface area contributed by atoms with Crippen LogP contribution in [0.1, 0.15) is 24.3 Å². The van der Waals surface area contributed by atoms with Gasteiger partial charge in [-0.25, -0.2) is 14.6 Å². The van der Waals surface area contributed by atoms with E-state index < -0.39 is 11.9 Å². The molecule has 0 aliphatic rings. The molecule has 0 N–H and O–H groups in total. The SMILES string of the molecule is CCOC(=O)COc1cccn2c(C(=O)OCC)cnc12. The molecule has 2 aromatic rings. The van der Waals surface area contributed by atoms with Gasteiger partial charge in [-0.3, -0.25) is 4.40 Å². The van der Waals surface area contributed by atoms with Crippen molar-refractivity contribution in [3.05, 3.63) is 30.2 Å². The second kappa shape index (κ2) is 6.74. The number of ether oxygens (including phenoxy) is 3. The maximum absolute atomic E-state index is 11.8. The van der Waals surface area contributed by atoms with Gasteiger partial charge >= 0.3 is 11.9 Å². The van der Waals surface area contributed by atoms with Crippen LogP contribution in [0, 0.1) is 0 Å². The quantitative estimate of drug-likeness (QED) is 0.750. The number of fused-ring (bicyclic) bond motifs is 1. The van der Waals surface area contributed by atoms with E-state index in [4.69, 9.17) is 14.2 Å². The van der Waals surface area contributed by atoms with Crippen molar-refractivity contribution in [2.45, 2.75) is 13.8 Å². The molecule has 0 unspecified atom stereocenters. The van der Waals surface area contributed by atoms with Crippen molar-refractivity contribution >= 4 is 17.6 Å². The highest BCUT2D eigenvalue weighted by Gasteiger charge is 2.16. The van der Waals surface area contributed by atoms with Crippen molar-refractivity contribution in [2.24, 2.45) is 0 Å². The minimum atomic E-state index is -0.465. The first-order valence-electron chi connectivity index (χ1n) is 6.59. The van der Waals surface area contributed by atoms with Gasteiger partial charge in [0, 0.05) is 6.20 Å². The number of carbonyl (C=O) groups is 2. The van der Waals surface area contributed by atoms with Gasteiger partial charge in [0.25, 0.3) is 0 Å². The lowest BCUT2D eigenvalue weighted by Crippen LogP contribution is -2.15. The molecular weight excluding hydrogens is 276 g/mol. The summed E-state index contributed by atoms with van der Waals surface area (Å²) in [6.07, 6.45) is 3.08. The van der Waals surface area contributed by atoms with Crippen molar-refractivity contribution in [1.82, 2.24) is 9.38 Å². The van der Waals surface area contributed by atoms with Crippen LogP contribution in [0.2, 0.25) is 0 Å². The Morgan fingerprint density at radius 3 is 2.71 bits per heavy atom. The first-order chi connectivity index (χ1) is 10.2. The van der Waals surface area contributed by atoms with Crippen molar-refractivity contribution in [1.29, 1.82) is 0 Å². The highest BCUT2D eigenvalue weighted by atomic mass is 16.6. The molecule has 21 heavy (non-hydrogen) atoms. The standard InChI is InChI=1S/C14H16N2O5/c1-3-19-12(17)9-21-11-6-5-7-16-10(8-15-13(11)16)14(18)20-4-2/h5-8H,3-4,9H2,1-2H3. The number of rotatable bonds is 6. The van der Waals surface area contributed by atoms with E-state index in [0.717, 1.165) is 0 Å². The van der Waals surface area contributed by atoms with Crippen LogP contribution in [-0.2, 0) is 14.3 Å². The average Bonchev–Trinajstić information content (AvgIpc) is 2.90. The maximum atomic E-state index is 11.8. The molecule has 0 saturated heterocycles. The molecule has 0 amide bonds. The molecule has 0 aromatic carbocycles. The molecule has 0 fully saturated rings. The van der Waals surface area contributed by atoms with E-state index in [9.17, 15) is 9.59 Å². The Kier molecular flexibility index (Phi) is 4.76. The van der Waals surface area contributed by atoms with Gasteiger partial charge in [-0.15, -0.1) is 0 Å². The lowest BCUT2D eigenvalue weighted by molar-refractivity contribution is -0.145. The van der Waals surface area contributed by atoms with Crippen LogP contribution in [0.5, 0.6) is 5.75 Å².